The van der Waals surface area contributed by atoms with Crippen LogP contribution >= 0.6 is 0 Å². The predicted molar refractivity (Wildman–Crippen MR) is 74.7 cm³/mol. The van der Waals surface area contributed by atoms with Crippen molar-refractivity contribution in [3.63, 3.8) is 0 Å². The van der Waals surface area contributed by atoms with Crippen LogP contribution in [0.2, 0.25) is 0 Å². The summed E-state index contributed by atoms with van der Waals surface area (Å²) in [5, 5.41) is 3.31. The van der Waals surface area contributed by atoms with E-state index >= 15 is 0 Å². The molecule has 0 saturated carbocycles. The molecule has 0 aliphatic carbocycles. The van der Waals surface area contributed by atoms with Gasteiger partial charge in [-0.15, -0.1) is 0 Å². The number of likely N-dealkylation sites (tertiary alicyclic amines) is 1. The Morgan fingerprint density at radius 3 is 2.83 bits per heavy atom. The van der Waals surface area contributed by atoms with Gasteiger partial charge in [-0.1, -0.05) is 30.3 Å². The van der Waals surface area contributed by atoms with Crippen LogP contribution in [0.1, 0.15) is 24.4 Å². The number of nitrogens with one attached hydrogen (secondary N) is 1. The maximum absolute atomic E-state index is 5.44. The summed E-state index contributed by atoms with van der Waals surface area (Å²) in [6.45, 7) is 3.01. The zero-order valence-corrected chi connectivity index (χ0v) is 11.4. The smallest absolute Gasteiger partial charge is 0.0659 e. The van der Waals surface area contributed by atoms with Crippen molar-refractivity contribution in [2.45, 2.75) is 24.9 Å². The fourth-order valence-corrected chi connectivity index (χ4v) is 2.94. The molecule has 0 bridgehead atoms. The van der Waals surface area contributed by atoms with E-state index < -0.39 is 0 Å². The number of methoxy groups -OCH3 is 1. The van der Waals surface area contributed by atoms with Crippen molar-refractivity contribution in [1.82, 2.24) is 10.2 Å². The Morgan fingerprint density at radius 2 is 2.17 bits per heavy atom. The number of hydrogen-bond acceptors (Lipinski definition) is 3. The molecular weight excluding hydrogens is 224 g/mol. The molecule has 2 unspecified atom stereocenters. The summed E-state index contributed by atoms with van der Waals surface area (Å²) in [6.07, 6.45) is 2.58. The molecule has 1 aromatic rings. The van der Waals surface area contributed by atoms with E-state index in [9.17, 15) is 0 Å². The summed E-state index contributed by atoms with van der Waals surface area (Å²) >= 11 is 0. The van der Waals surface area contributed by atoms with E-state index in [1.165, 1.54) is 24.9 Å². The molecule has 0 spiro atoms. The molecule has 18 heavy (non-hydrogen) atoms. The number of hydrogen-bond donors (Lipinski definition) is 1. The van der Waals surface area contributed by atoms with Crippen LogP contribution in [-0.2, 0) is 4.74 Å². The first kappa shape index (κ1) is 13.5. The molecule has 1 aromatic carbocycles. The Bertz CT molecular complexity index is 342. The number of benzene rings is 1. The molecule has 2 atom stereocenters. The van der Waals surface area contributed by atoms with Gasteiger partial charge in [-0.25, -0.2) is 0 Å². The average molecular weight is 248 g/mol. The average Bonchev–Trinajstić information content (AvgIpc) is 2.85. The Hall–Kier alpha value is -0.900. The molecule has 2 rings (SSSR count). The first-order valence-corrected chi connectivity index (χ1v) is 6.81. The first-order valence-electron chi connectivity index (χ1n) is 6.81. The van der Waals surface area contributed by atoms with Crippen molar-refractivity contribution in [2.75, 3.05) is 33.9 Å². The van der Waals surface area contributed by atoms with Crippen molar-refractivity contribution in [3.8, 4) is 0 Å². The van der Waals surface area contributed by atoms with Crippen LogP contribution in [0.25, 0.3) is 0 Å². The van der Waals surface area contributed by atoms with Crippen LogP contribution < -0.4 is 5.32 Å². The fourth-order valence-electron chi connectivity index (χ4n) is 2.94. The number of likely N-dealkylation sites (N-methyl/N-ethyl adjacent to an activating group) is 1. The molecule has 3 nitrogen and oxygen atoms in total. The molecule has 1 N–H and O–H groups in total. The molecule has 1 aliphatic heterocycles. The van der Waals surface area contributed by atoms with E-state index in [-0.39, 0.29) is 0 Å². The van der Waals surface area contributed by atoms with Crippen LogP contribution in [0, 0.1) is 0 Å². The standard InChI is InChI=1S/C15H24N2O/c1-16-11-14-9-6-10-17(14)15(12-18-2)13-7-4-3-5-8-13/h3-5,7-8,14-16H,6,9-12H2,1-2H3. The van der Waals surface area contributed by atoms with Crippen molar-refractivity contribution in [2.24, 2.45) is 0 Å². The number of rotatable bonds is 6. The van der Waals surface area contributed by atoms with Gasteiger partial charge < -0.3 is 10.1 Å². The molecule has 3 heteroatoms. The third-order valence-electron chi connectivity index (χ3n) is 3.77. The monoisotopic (exact) mass is 248 g/mol. The third-order valence-corrected chi connectivity index (χ3v) is 3.77. The number of nitrogens with zero attached hydrogens (tertiary/aromatic N) is 1. The Balaban J connectivity index is 2.14. The van der Waals surface area contributed by atoms with Crippen molar-refractivity contribution < 1.29 is 4.74 Å². The third kappa shape index (κ3) is 3.10. The molecule has 0 amide bonds. The van der Waals surface area contributed by atoms with Crippen LogP contribution in [0.5, 0.6) is 0 Å². The van der Waals surface area contributed by atoms with Crippen LogP contribution in [0.3, 0.4) is 0 Å². The Labute approximate surface area is 110 Å². The Morgan fingerprint density at radius 1 is 1.39 bits per heavy atom. The second kappa shape index (κ2) is 6.88. The zero-order valence-electron chi connectivity index (χ0n) is 11.4. The van der Waals surface area contributed by atoms with Gasteiger partial charge >= 0.3 is 0 Å². The van der Waals surface area contributed by atoms with Gasteiger partial charge in [0.2, 0.25) is 0 Å². The minimum Gasteiger partial charge on any atom is -0.383 e. The highest BCUT2D eigenvalue weighted by atomic mass is 16.5. The lowest BCUT2D eigenvalue weighted by Crippen LogP contribution is -2.40. The van der Waals surface area contributed by atoms with Gasteiger partial charge in [0, 0.05) is 19.7 Å². The van der Waals surface area contributed by atoms with Gasteiger partial charge in [0.05, 0.1) is 12.6 Å². The lowest BCUT2D eigenvalue weighted by molar-refractivity contribution is 0.0816. The molecule has 1 fully saturated rings. The number of ether oxygens (including phenoxy) is 1. The van der Waals surface area contributed by atoms with Crippen molar-refractivity contribution in [3.05, 3.63) is 35.9 Å². The van der Waals surface area contributed by atoms with Gasteiger partial charge in [-0.05, 0) is 32.0 Å². The minimum atomic E-state index is 0.386. The summed E-state index contributed by atoms with van der Waals surface area (Å²) < 4.78 is 5.44. The van der Waals surface area contributed by atoms with Crippen molar-refractivity contribution in [1.29, 1.82) is 0 Å². The summed E-state index contributed by atoms with van der Waals surface area (Å²) in [5.41, 5.74) is 1.36. The molecule has 1 saturated heterocycles. The molecule has 1 aliphatic rings. The van der Waals surface area contributed by atoms with Gasteiger partial charge in [0.25, 0.3) is 0 Å². The van der Waals surface area contributed by atoms with Crippen LogP contribution in [0.4, 0.5) is 0 Å². The molecule has 100 valence electrons. The Kier molecular flexibility index (Phi) is 5.17. The second-order valence-electron chi connectivity index (χ2n) is 4.97. The lowest BCUT2D eigenvalue weighted by Gasteiger charge is -2.33. The largest absolute Gasteiger partial charge is 0.383 e. The fraction of sp³-hybridized carbons (Fsp3) is 0.600. The van der Waals surface area contributed by atoms with Crippen molar-refractivity contribution >= 4 is 0 Å². The summed E-state index contributed by atoms with van der Waals surface area (Å²) in [5.74, 6) is 0. The van der Waals surface area contributed by atoms with E-state index in [2.05, 4.69) is 40.5 Å². The van der Waals surface area contributed by atoms with Crippen LogP contribution in [-0.4, -0.2) is 44.8 Å². The van der Waals surface area contributed by atoms with Gasteiger partial charge in [-0.3, -0.25) is 4.90 Å². The SMILES string of the molecule is CNCC1CCCN1C(COC)c1ccccc1. The quantitative estimate of drug-likeness (QED) is 0.834. The first-order chi connectivity index (χ1) is 8.86. The lowest BCUT2D eigenvalue weighted by atomic mass is 10.0. The topological polar surface area (TPSA) is 24.5 Å². The highest BCUT2D eigenvalue weighted by molar-refractivity contribution is 5.19. The maximum Gasteiger partial charge on any atom is 0.0659 e. The van der Waals surface area contributed by atoms with Gasteiger partial charge in [-0.2, -0.15) is 0 Å². The maximum atomic E-state index is 5.44. The highest BCUT2D eigenvalue weighted by Crippen LogP contribution is 2.29. The normalized spacial score (nSPS) is 22.2. The van der Waals surface area contributed by atoms with Gasteiger partial charge in [0.1, 0.15) is 0 Å². The van der Waals surface area contributed by atoms with E-state index in [0.717, 1.165) is 13.2 Å². The summed E-state index contributed by atoms with van der Waals surface area (Å²) in [4.78, 5) is 2.59. The molecule has 1 heterocycles. The summed E-state index contributed by atoms with van der Waals surface area (Å²) in [7, 11) is 3.82. The zero-order chi connectivity index (χ0) is 12.8. The second-order valence-corrected chi connectivity index (χ2v) is 4.97. The highest BCUT2D eigenvalue weighted by Gasteiger charge is 2.30. The van der Waals surface area contributed by atoms with Gasteiger partial charge in [0.15, 0.2) is 0 Å². The van der Waals surface area contributed by atoms with E-state index in [0.29, 0.717) is 12.1 Å². The predicted octanol–water partition coefficient (Wildman–Crippen LogP) is 2.06. The molecule has 0 radical (unpaired) electrons. The summed E-state index contributed by atoms with van der Waals surface area (Å²) in [6, 6.07) is 11.7. The van der Waals surface area contributed by atoms with E-state index in [1.807, 2.05) is 7.05 Å². The van der Waals surface area contributed by atoms with E-state index in [1.54, 1.807) is 7.11 Å². The van der Waals surface area contributed by atoms with Crippen LogP contribution in [0.15, 0.2) is 30.3 Å². The minimum absolute atomic E-state index is 0.386. The molecule has 0 aromatic heterocycles. The molecular formula is C15H24N2O. The van der Waals surface area contributed by atoms with E-state index in [4.69, 9.17) is 4.74 Å².